The summed E-state index contributed by atoms with van der Waals surface area (Å²) in [5, 5.41) is 14.0. The molecule has 6 nitrogen and oxygen atoms in total. The Bertz CT molecular complexity index is 946. The summed E-state index contributed by atoms with van der Waals surface area (Å²) in [7, 11) is 3.03. The molecule has 2 aromatic carbocycles. The molecule has 6 heteroatoms. The molecule has 0 radical (unpaired) electrons. The van der Waals surface area contributed by atoms with Gasteiger partial charge in [-0.1, -0.05) is 25.0 Å². The van der Waals surface area contributed by atoms with Crippen molar-refractivity contribution in [3.05, 3.63) is 59.3 Å². The van der Waals surface area contributed by atoms with E-state index in [2.05, 4.69) is 5.32 Å². The smallest absolute Gasteiger partial charge is 0.198 e. The van der Waals surface area contributed by atoms with E-state index in [-0.39, 0.29) is 11.5 Å². The first-order valence-electron chi connectivity index (χ1n) is 9.83. The molecular formula is C23H25NO5. The molecule has 4 rings (SSSR count). The van der Waals surface area contributed by atoms with Gasteiger partial charge in [0, 0.05) is 23.9 Å². The van der Waals surface area contributed by atoms with Gasteiger partial charge in [-0.2, -0.15) is 0 Å². The molecular weight excluding hydrogens is 370 g/mol. The van der Waals surface area contributed by atoms with E-state index in [0.29, 0.717) is 40.0 Å². The Kier molecular flexibility index (Phi) is 5.34. The van der Waals surface area contributed by atoms with Crippen molar-refractivity contribution in [1.82, 2.24) is 5.32 Å². The number of carbonyl (C=O) groups is 1. The zero-order chi connectivity index (χ0) is 20.4. The highest BCUT2D eigenvalue weighted by Gasteiger charge is 2.35. The van der Waals surface area contributed by atoms with E-state index in [4.69, 9.17) is 14.2 Å². The third kappa shape index (κ3) is 3.62. The lowest BCUT2D eigenvalue weighted by molar-refractivity contribution is 0.0958. The summed E-state index contributed by atoms with van der Waals surface area (Å²) in [4.78, 5) is 13.3. The lowest BCUT2D eigenvalue weighted by atomic mass is 9.90. The molecule has 1 heterocycles. The van der Waals surface area contributed by atoms with Crippen molar-refractivity contribution in [3.63, 3.8) is 0 Å². The Morgan fingerprint density at radius 2 is 1.79 bits per heavy atom. The standard InChI is InChI=1S/C23H25NO5/c1-27-20-11-16(18(25)12-21(20)28-2)23-17(13-24-14-7-3-4-8-14)22(26)15-9-5-6-10-19(15)29-23/h5-6,9-14,23-25H,3-4,7-8H2,1-2H3/b17-13+. The van der Waals surface area contributed by atoms with Gasteiger partial charge in [-0.15, -0.1) is 0 Å². The lowest BCUT2D eigenvalue weighted by Gasteiger charge is -2.29. The van der Waals surface area contributed by atoms with Gasteiger partial charge in [-0.3, -0.25) is 4.79 Å². The second-order valence-electron chi connectivity index (χ2n) is 7.34. The predicted octanol–water partition coefficient (Wildman–Crippen LogP) is 4.14. The summed E-state index contributed by atoms with van der Waals surface area (Å²) in [6, 6.07) is 10.6. The quantitative estimate of drug-likeness (QED) is 0.741. The van der Waals surface area contributed by atoms with Gasteiger partial charge in [0.1, 0.15) is 11.5 Å². The van der Waals surface area contributed by atoms with Gasteiger partial charge in [0.05, 0.1) is 25.4 Å². The van der Waals surface area contributed by atoms with Crippen molar-refractivity contribution in [2.45, 2.75) is 37.8 Å². The predicted molar refractivity (Wildman–Crippen MR) is 109 cm³/mol. The van der Waals surface area contributed by atoms with Gasteiger partial charge in [0.2, 0.25) is 0 Å². The van der Waals surface area contributed by atoms with Gasteiger partial charge in [-0.25, -0.2) is 0 Å². The molecule has 2 aliphatic rings. The number of ether oxygens (including phenoxy) is 3. The fourth-order valence-corrected chi connectivity index (χ4v) is 3.99. The number of methoxy groups -OCH3 is 2. The molecule has 152 valence electrons. The molecule has 0 aromatic heterocycles. The van der Waals surface area contributed by atoms with E-state index in [1.807, 2.05) is 12.1 Å². The summed E-state index contributed by atoms with van der Waals surface area (Å²) < 4.78 is 16.8. The molecule has 0 bridgehead atoms. The molecule has 1 unspecified atom stereocenters. The molecule has 1 fully saturated rings. The van der Waals surface area contributed by atoms with Crippen LogP contribution in [0.4, 0.5) is 0 Å². The van der Waals surface area contributed by atoms with Gasteiger partial charge in [0.25, 0.3) is 0 Å². The normalized spacial score (nSPS) is 20.3. The third-order valence-corrected chi connectivity index (χ3v) is 5.57. The number of hydrogen-bond acceptors (Lipinski definition) is 6. The molecule has 0 saturated heterocycles. The highest BCUT2D eigenvalue weighted by atomic mass is 16.5. The molecule has 29 heavy (non-hydrogen) atoms. The number of hydrogen-bond donors (Lipinski definition) is 2. The number of ketones is 1. The van der Waals surface area contributed by atoms with Crippen molar-refractivity contribution in [3.8, 4) is 23.0 Å². The number of nitrogens with one attached hydrogen (secondary N) is 1. The second kappa shape index (κ2) is 8.07. The average molecular weight is 395 g/mol. The summed E-state index contributed by atoms with van der Waals surface area (Å²) >= 11 is 0. The average Bonchev–Trinajstić information content (AvgIpc) is 3.26. The number of para-hydroxylation sites is 1. The van der Waals surface area contributed by atoms with Crippen LogP contribution in [0.2, 0.25) is 0 Å². The number of phenolic OH excluding ortho intramolecular Hbond substituents is 1. The van der Waals surface area contributed by atoms with Crippen LogP contribution in [0.15, 0.2) is 48.2 Å². The number of phenols is 1. The van der Waals surface area contributed by atoms with Gasteiger partial charge in [0.15, 0.2) is 23.4 Å². The SMILES string of the molecule is COc1cc(O)c(C2Oc3ccccc3C(=O)/C2=C\NC2CCCC2)cc1OC. The van der Waals surface area contributed by atoms with E-state index in [0.717, 1.165) is 12.8 Å². The molecule has 2 N–H and O–H groups in total. The van der Waals surface area contributed by atoms with Crippen LogP contribution in [-0.4, -0.2) is 31.2 Å². The Hall–Kier alpha value is -3.15. The zero-order valence-electron chi connectivity index (χ0n) is 16.6. The van der Waals surface area contributed by atoms with E-state index in [1.54, 1.807) is 24.4 Å². The maximum atomic E-state index is 13.3. The van der Waals surface area contributed by atoms with E-state index in [9.17, 15) is 9.90 Å². The van der Waals surface area contributed by atoms with Gasteiger partial charge < -0.3 is 24.6 Å². The third-order valence-electron chi connectivity index (χ3n) is 5.57. The first-order chi connectivity index (χ1) is 14.1. The Labute approximate surface area is 170 Å². The lowest BCUT2D eigenvalue weighted by Crippen LogP contribution is -2.28. The number of benzene rings is 2. The maximum Gasteiger partial charge on any atom is 0.198 e. The van der Waals surface area contributed by atoms with Crippen LogP contribution in [0.5, 0.6) is 23.0 Å². The van der Waals surface area contributed by atoms with Crippen molar-refractivity contribution >= 4 is 5.78 Å². The zero-order valence-corrected chi connectivity index (χ0v) is 16.6. The fourth-order valence-electron chi connectivity index (χ4n) is 3.99. The van der Waals surface area contributed by atoms with Gasteiger partial charge in [-0.05, 0) is 31.0 Å². The fraction of sp³-hybridized carbons (Fsp3) is 0.348. The van der Waals surface area contributed by atoms with Crippen LogP contribution in [-0.2, 0) is 0 Å². The first kappa shape index (κ1) is 19.2. The summed E-state index contributed by atoms with van der Waals surface area (Å²) in [6.45, 7) is 0. The van der Waals surface area contributed by atoms with E-state index < -0.39 is 6.10 Å². The topological polar surface area (TPSA) is 77.0 Å². The van der Waals surface area contributed by atoms with Crippen LogP contribution in [0.25, 0.3) is 0 Å². The van der Waals surface area contributed by atoms with E-state index in [1.165, 1.54) is 33.1 Å². The first-order valence-corrected chi connectivity index (χ1v) is 9.83. The molecule has 1 atom stereocenters. The number of fused-ring (bicyclic) bond motifs is 1. The van der Waals surface area contributed by atoms with Crippen molar-refractivity contribution in [1.29, 1.82) is 0 Å². The second-order valence-corrected chi connectivity index (χ2v) is 7.34. The minimum Gasteiger partial charge on any atom is -0.507 e. The minimum absolute atomic E-state index is 0.0217. The number of rotatable bonds is 5. The molecule has 1 aliphatic heterocycles. The van der Waals surface area contributed by atoms with E-state index >= 15 is 0 Å². The Balaban J connectivity index is 1.78. The number of carbonyl (C=O) groups excluding carboxylic acids is 1. The van der Waals surface area contributed by atoms with Crippen molar-refractivity contribution in [2.24, 2.45) is 0 Å². The summed E-state index contributed by atoms with van der Waals surface area (Å²) in [5.41, 5.74) is 1.42. The molecule has 0 spiro atoms. The van der Waals surface area contributed by atoms with Crippen LogP contribution in [0, 0.1) is 0 Å². The molecule has 2 aromatic rings. The summed E-state index contributed by atoms with van der Waals surface area (Å²) in [5.74, 6) is 1.22. The van der Waals surface area contributed by atoms with Crippen LogP contribution in [0.3, 0.4) is 0 Å². The van der Waals surface area contributed by atoms with Crippen LogP contribution < -0.4 is 19.5 Å². The van der Waals surface area contributed by atoms with Crippen molar-refractivity contribution < 1.29 is 24.1 Å². The monoisotopic (exact) mass is 395 g/mol. The Morgan fingerprint density at radius 1 is 1.10 bits per heavy atom. The highest BCUT2D eigenvalue weighted by molar-refractivity contribution is 6.12. The largest absolute Gasteiger partial charge is 0.507 e. The Morgan fingerprint density at radius 3 is 2.52 bits per heavy atom. The molecule has 0 amide bonds. The van der Waals surface area contributed by atoms with Crippen LogP contribution in [0.1, 0.15) is 47.7 Å². The van der Waals surface area contributed by atoms with Crippen LogP contribution >= 0.6 is 0 Å². The summed E-state index contributed by atoms with van der Waals surface area (Å²) in [6.07, 6.45) is 5.55. The molecule has 1 saturated carbocycles. The number of Topliss-reactive ketones (excluding diaryl/α,β-unsaturated/α-hetero) is 1. The highest BCUT2D eigenvalue weighted by Crippen LogP contribution is 2.44. The molecule has 1 aliphatic carbocycles. The minimum atomic E-state index is -0.758. The number of aromatic hydroxyl groups is 1. The van der Waals surface area contributed by atoms with Crippen molar-refractivity contribution in [2.75, 3.05) is 14.2 Å². The van der Waals surface area contributed by atoms with Gasteiger partial charge >= 0.3 is 0 Å². The maximum absolute atomic E-state index is 13.3.